The van der Waals surface area contributed by atoms with Crippen molar-refractivity contribution in [1.82, 2.24) is 0 Å². The third-order valence-corrected chi connectivity index (χ3v) is 4.20. The van der Waals surface area contributed by atoms with E-state index in [-0.39, 0.29) is 0 Å². The van der Waals surface area contributed by atoms with Crippen molar-refractivity contribution in [2.24, 2.45) is 0 Å². The maximum absolute atomic E-state index is 5.81. The molecule has 1 aliphatic rings. The zero-order chi connectivity index (χ0) is 14.8. The van der Waals surface area contributed by atoms with Crippen LogP contribution in [0.4, 0.5) is 11.4 Å². The highest BCUT2D eigenvalue weighted by molar-refractivity contribution is 5.59. The maximum Gasteiger partial charge on any atom is 0.0372 e. The summed E-state index contributed by atoms with van der Waals surface area (Å²) in [6.07, 6.45) is 4.78. The van der Waals surface area contributed by atoms with Gasteiger partial charge >= 0.3 is 0 Å². The lowest BCUT2D eigenvalue weighted by molar-refractivity contribution is 0.949. The number of hydrogen-bond donors (Lipinski definition) is 1. The van der Waals surface area contributed by atoms with Crippen LogP contribution in [0, 0.1) is 6.92 Å². The van der Waals surface area contributed by atoms with Crippen molar-refractivity contribution in [3.63, 3.8) is 0 Å². The van der Waals surface area contributed by atoms with Gasteiger partial charge in [0.2, 0.25) is 0 Å². The SMILES string of the molecule is C=c1cc(N2CCCC2)cc/c1=C/c1ccc(N)cc1C. The molecule has 0 aromatic heterocycles. The van der Waals surface area contributed by atoms with Crippen molar-refractivity contribution in [1.29, 1.82) is 0 Å². The van der Waals surface area contributed by atoms with Crippen molar-refractivity contribution < 1.29 is 0 Å². The molecular formula is C19H22N2. The lowest BCUT2D eigenvalue weighted by atomic mass is 10.1. The Morgan fingerprint density at radius 1 is 1.10 bits per heavy atom. The van der Waals surface area contributed by atoms with Crippen LogP contribution < -0.4 is 21.1 Å². The monoisotopic (exact) mass is 278 g/mol. The lowest BCUT2D eigenvalue weighted by Crippen LogP contribution is -2.26. The molecular weight excluding hydrogens is 256 g/mol. The Kier molecular flexibility index (Phi) is 3.70. The van der Waals surface area contributed by atoms with Crippen LogP contribution in [0.2, 0.25) is 0 Å². The van der Waals surface area contributed by atoms with E-state index < -0.39 is 0 Å². The number of nitrogens with zero attached hydrogens (tertiary/aromatic N) is 1. The van der Waals surface area contributed by atoms with Gasteiger partial charge in [0.05, 0.1) is 0 Å². The number of nitrogen functional groups attached to an aromatic ring is 1. The first kappa shape index (κ1) is 13.7. The second-order valence-corrected chi connectivity index (χ2v) is 5.84. The fourth-order valence-corrected chi connectivity index (χ4v) is 2.93. The zero-order valence-corrected chi connectivity index (χ0v) is 12.6. The molecule has 1 heterocycles. The summed E-state index contributed by atoms with van der Waals surface area (Å²) in [5.41, 5.74) is 10.3. The molecule has 0 atom stereocenters. The van der Waals surface area contributed by atoms with Gasteiger partial charge in [-0.1, -0.05) is 18.7 Å². The van der Waals surface area contributed by atoms with E-state index in [2.05, 4.69) is 48.7 Å². The minimum absolute atomic E-state index is 0.809. The van der Waals surface area contributed by atoms with E-state index in [1.807, 2.05) is 12.1 Å². The molecule has 0 amide bonds. The molecule has 3 rings (SSSR count). The standard InChI is InChI=1S/C19H22N2/c1-14-11-18(20)7-5-16(14)13-17-6-8-19(12-15(17)2)21-9-3-4-10-21/h5-8,11-13H,2-4,9-10,20H2,1H3/b17-13-. The third kappa shape index (κ3) is 2.94. The quantitative estimate of drug-likeness (QED) is 0.855. The van der Waals surface area contributed by atoms with Gasteiger partial charge in [0.25, 0.3) is 0 Å². The highest BCUT2D eigenvalue weighted by atomic mass is 15.1. The van der Waals surface area contributed by atoms with Crippen LogP contribution >= 0.6 is 0 Å². The minimum Gasteiger partial charge on any atom is -0.399 e. The van der Waals surface area contributed by atoms with Gasteiger partial charge in [-0.3, -0.25) is 0 Å². The maximum atomic E-state index is 5.81. The van der Waals surface area contributed by atoms with Crippen LogP contribution in [0.25, 0.3) is 12.7 Å². The van der Waals surface area contributed by atoms with E-state index in [0.29, 0.717) is 0 Å². The second-order valence-electron chi connectivity index (χ2n) is 5.84. The number of anilines is 2. The van der Waals surface area contributed by atoms with E-state index in [1.165, 1.54) is 48.0 Å². The van der Waals surface area contributed by atoms with Crippen molar-refractivity contribution in [3.05, 3.63) is 58.0 Å². The summed E-state index contributed by atoms with van der Waals surface area (Å²) >= 11 is 0. The summed E-state index contributed by atoms with van der Waals surface area (Å²) in [4.78, 5) is 2.44. The average Bonchev–Trinajstić information content (AvgIpc) is 2.98. The third-order valence-electron chi connectivity index (χ3n) is 4.20. The van der Waals surface area contributed by atoms with Crippen molar-refractivity contribution in [2.45, 2.75) is 19.8 Å². The van der Waals surface area contributed by atoms with Gasteiger partial charge in [-0.2, -0.15) is 0 Å². The van der Waals surface area contributed by atoms with Crippen molar-refractivity contribution >= 4 is 24.0 Å². The molecule has 2 N–H and O–H groups in total. The normalized spacial score (nSPS) is 15.7. The van der Waals surface area contributed by atoms with Gasteiger partial charge in [-0.15, -0.1) is 0 Å². The average molecular weight is 278 g/mol. The Hall–Kier alpha value is -2.22. The molecule has 1 aliphatic heterocycles. The molecule has 108 valence electrons. The Morgan fingerprint density at radius 3 is 2.52 bits per heavy atom. The molecule has 1 saturated heterocycles. The summed E-state index contributed by atoms with van der Waals surface area (Å²) in [6, 6.07) is 12.6. The molecule has 21 heavy (non-hydrogen) atoms. The van der Waals surface area contributed by atoms with E-state index in [4.69, 9.17) is 5.73 Å². The zero-order valence-electron chi connectivity index (χ0n) is 12.6. The van der Waals surface area contributed by atoms with E-state index in [0.717, 1.165) is 10.9 Å². The Bertz CT molecular complexity index is 756. The van der Waals surface area contributed by atoms with E-state index >= 15 is 0 Å². The highest BCUT2D eigenvalue weighted by Gasteiger charge is 2.11. The van der Waals surface area contributed by atoms with Gasteiger partial charge in [0.1, 0.15) is 0 Å². The fourth-order valence-electron chi connectivity index (χ4n) is 2.93. The first-order valence-corrected chi connectivity index (χ1v) is 7.55. The molecule has 0 radical (unpaired) electrons. The van der Waals surface area contributed by atoms with E-state index in [9.17, 15) is 0 Å². The topological polar surface area (TPSA) is 29.3 Å². The van der Waals surface area contributed by atoms with Crippen molar-refractivity contribution in [3.8, 4) is 0 Å². The Balaban J connectivity index is 1.98. The summed E-state index contributed by atoms with van der Waals surface area (Å²) in [7, 11) is 0. The summed E-state index contributed by atoms with van der Waals surface area (Å²) in [6.45, 7) is 8.63. The summed E-state index contributed by atoms with van der Waals surface area (Å²) in [5, 5.41) is 2.25. The predicted octanol–water partition coefficient (Wildman–Crippen LogP) is 2.42. The highest BCUT2D eigenvalue weighted by Crippen LogP contribution is 2.17. The molecule has 0 spiro atoms. The first-order chi connectivity index (χ1) is 10.1. The van der Waals surface area contributed by atoms with E-state index in [1.54, 1.807) is 0 Å². The van der Waals surface area contributed by atoms with Gasteiger partial charge < -0.3 is 10.6 Å². The van der Waals surface area contributed by atoms with Crippen molar-refractivity contribution in [2.75, 3.05) is 23.7 Å². The van der Waals surface area contributed by atoms with Gasteiger partial charge in [-0.05, 0) is 71.7 Å². The van der Waals surface area contributed by atoms with Crippen LogP contribution in [0.1, 0.15) is 24.0 Å². The predicted molar refractivity (Wildman–Crippen MR) is 91.8 cm³/mol. The molecule has 2 aromatic carbocycles. The van der Waals surface area contributed by atoms with Crippen LogP contribution in [-0.4, -0.2) is 13.1 Å². The molecule has 1 fully saturated rings. The number of rotatable bonds is 2. The van der Waals surface area contributed by atoms with Gasteiger partial charge in [-0.25, -0.2) is 0 Å². The summed E-state index contributed by atoms with van der Waals surface area (Å²) in [5.74, 6) is 0. The number of nitrogens with two attached hydrogens (primary N) is 1. The summed E-state index contributed by atoms with van der Waals surface area (Å²) < 4.78 is 0. The van der Waals surface area contributed by atoms with Crippen LogP contribution in [0.3, 0.4) is 0 Å². The molecule has 2 heteroatoms. The smallest absolute Gasteiger partial charge is 0.0372 e. The molecule has 0 saturated carbocycles. The minimum atomic E-state index is 0.809. The first-order valence-electron chi connectivity index (χ1n) is 7.55. The molecule has 0 aliphatic carbocycles. The van der Waals surface area contributed by atoms with Crippen LogP contribution in [-0.2, 0) is 0 Å². The lowest BCUT2D eigenvalue weighted by Gasteiger charge is -2.17. The fraction of sp³-hybridized carbons (Fsp3) is 0.263. The Labute approximate surface area is 126 Å². The Morgan fingerprint density at radius 2 is 1.86 bits per heavy atom. The largest absolute Gasteiger partial charge is 0.399 e. The number of aryl methyl sites for hydroxylation is 1. The van der Waals surface area contributed by atoms with Gasteiger partial charge in [0, 0.05) is 24.5 Å². The van der Waals surface area contributed by atoms with Crippen LogP contribution in [0.5, 0.6) is 0 Å². The number of benzene rings is 2. The molecule has 2 nitrogen and oxygen atoms in total. The van der Waals surface area contributed by atoms with Crippen LogP contribution in [0.15, 0.2) is 36.4 Å². The number of hydrogen-bond acceptors (Lipinski definition) is 2. The molecule has 0 bridgehead atoms. The molecule has 0 unspecified atom stereocenters. The van der Waals surface area contributed by atoms with Gasteiger partial charge in [0.15, 0.2) is 0 Å². The second kappa shape index (κ2) is 5.65. The molecule has 2 aromatic rings.